The van der Waals surface area contributed by atoms with Gasteiger partial charge in [-0.1, -0.05) is 20.8 Å². The van der Waals surface area contributed by atoms with E-state index in [9.17, 15) is 9.59 Å². The Hall–Kier alpha value is -2.04. The maximum absolute atomic E-state index is 11.8. The van der Waals surface area contributed by atoms with Crippen molar-refractivity contribution in [1.29, 1.82) is 0 Å². The highest BCUT2D eigenvalue weighted by Crippen LogP contribution is 2.22. The van der Waals surface area contributed by atoms with Crippen LogP contribution < -0.4 is 10.2 Å². The fraction of sp³-hybridized carbons (Fsp3) is 0.556. The Morgan fingerprint density at radius 2 is 1.74 bits per heavy atom. The van der Waals surface area contributed by atoms with Crippen LogP contribution in [0.1, 0.15) is 40.0 Å². The number of hydrogen-bond acceptors (Lipinski definition) is 4. The van der Waals surface area contributed by atoms with Crippen LogP contribution in [0.25, 0.3) is 0 Å². The number of nitrogens with one attached hydrogen (secondary N) is 1. The highest BCUT2D eigenvalue weighted by molar-refractivity contribution is 5.93. The van der Waals surface area contributed by atoms with Crippen LogP contribution in [0.5, 0.6) is 0 Å². The van der Waals surface area contributed by atoms with Crippen molar-refractivity contribution in [3.05, 3.63) is 24.3 Å². The highest BCUT2D eigenvalue weighted by atomic mass is 16.5. The van der Waals surface area contributed by atoms with Crippen LogP contribution in [0.2, 0.25) is 0 Å². The normalized spacial score (nSPS) is 14.7. The Bertz CT molecular complexity index is 540. The fourth-order valence-corrected chi connectivity index (χ4v) is 2.56. The molecule has 1 saturated heterocycles. The van der Waals surface area contributed by atoms with Gasteiger partial charge in [0.1, 0.15) is 0 Å². The van der Waals surface area contributed by atoms with E-state index in [1.54, 1.807) is 0 Å². The first-order valence-corrected chi connectivity index (χ1v) is 8.14. The highest BCUT2D eigenvalue weighted by Gasteiger charge is 2.18. The molecule has 1 N–H and O–H groups in total. The van der Waals surface area contributed by atoms with Crippen LogP contribution in [-0.4, -0.2) is 31.6 Å². The first kappa shape index (κ1) is 17.3. The van der Waals surface area contributed by atoms with Crippen LogP contribution in [0.3, 0.4) is 0 Å². The molecule has 0 radical (unpaired) electrons. The Morgan fingerprint density at radius 1 is 1.13 bits per heavy atom. The summed E-state index contributed by atoms with van der Waals surface area (Å²) < 4.78 is 5.00. The third-order valence-corrected chi connectivity index (χ3v) is 3.66. The zero-order valence-electron chi connectivity index (χ0n) is 14.2. The molecule has 1 aromatic rings. The van der Waals surface area contributed by atoms with Gasteiger partial charge >= 0.3 is 5.97 Å². The van der Waals surface area contributed by atoms with Crippen molar-refractivity contribution >= 4 is 23.3 Å². The topological polar surface area (TPSA) is 58.6 Å². The first-order chi connectivity index (χ1) is 10.8. The summed E-state index contributed by atoms with van der Waals surface area (Å²) in [4.78, 5) is 25.8. The fourth-order valence-electron chi connectivity index (χ4n) is 2.56. The molecule has 2 rings (SSSR count). The number of rotatable bonds is 5. The van der Waals surface area contributed by atoms with Crippen molar-refractivity contribution < 1.29 is 14.3 Å². The van der Waals surface area contributed by atoms with Crippen LogP contribution in [0.4, 0.5) is 11.4 Å². The van der Waals surface area contributed by atoms with Crippen molar-refractivity contribution in [3.63, 3.8) is 0 Å². The van der Waals surface area contributed by atoms with E-state index >= 15 is 0 Å². The van der Waals surface area contributed by atoms with E-state index < -0.39 is 0 Å². The average molecular weight is 318 g/mol. The largest absolute Gasteiger partial charge is 0.456 e. The summed E-state index contributed by atoms with van der Waals surface area (Å²) in [5, 5.41) is 2.74. The molecular formula is C18H26N2O3. The smallest absolute Gasteiger partial charge is 0.306 e. The lowest BCUT2D eigenvalue weighted by atomic mass is 9.92. The quantitative estimate of drug-likeness (QED) is 0.847. The van der Waals surface area contributed by atoms with E-state index in [1.165, 1.54) is 18.5 Å². The zero-order chi connectivity index (χ0) is 16.9. The number of nitrogens with zero attached hydrogens (tertiary/aromatic N) is 1. The number of ether oxygens (including phenoxy) is 1. The van der Waals surface area contributed by atoms with Gasteiger partial charge in [-0.3, -0.25) is 9.59 Å². The number of anilines is 2. The second kappa shape index (κ2) is 7.49. The minimum Gasteiger partial charge on any atom is -0.456 e. The van der Waals surface area contributed by atoms with Crippen molar-refractivity contribution in [2.24, 2.45) is 5.41 Å². The lowest BCUT2D eigenvalue weighted by Crippen LogP contribution is -2.23. The second-order valence-electron chi connectivity index (χ2n) is 7.19. The molecule has 0 saturated carbocycles. The standard InChI is InChI=1S/C18H26N2O3/c1-18(2,3)12-17(22)23-13-16(21)19-14-6-8-15(9-7-14)20-10-4-5-11-20/h6-9H,4-5,10-13H2,1-3H3,(H,19,21). The molecule has 0 unspecified atom stereocenters. The van der Waals surface area contributed by atoms with Crippen molar-refractivity contribution in [2.45, 2.75) is 40.0 Å². The lowest BCUT2D eigenvalue weighted by molar-refractivity contribution is -0.149. The van der Waals surface area contributed by atoms with Gasteiger partial charge in [-0.15, -0.1) is 0 Å². The van der Waals surface area contributed by atoms with Crippen molar-refractivity contribution in [1.82, 2.24) is 0 Å². The molecule has 1 aliphatic rings. The number of carbonyl (C=O) groups is 2. The summed E-state index contributed by atoms with van der Waals surface area (Å²) in [5.74, 6) is -0.668. The zero-order valence-corrected chi connectivity index (χ0v) is 14.2. The minimum atomic E-state index is -0.350. The van der Waals surface area contributed by atoms with Gasteiger partial charge in [0, 0.05) is 24.5 Å². The molecule has 1 aliphatic heterocycles. The molecule has 0 atom stereocenters. The summed E-state index contributed by atoms with van der Waals surface area (Å²) >= 11 is 0. The average Bonchev–Trinajstić information content (AvgIpc) is 2.98. The molecule has 1 heterocycles. The van der Waals surface area contributed by atoms with Crippen LogP contribution >= 0.6 is 0 Å². The first-order valence-electron chi connectivity index (χ1n) is 8.14. The van der Waals surface area contributed by atoms with Gasteiger partial charge in [-0.25, -0.2) is 0 Å². The van der Waals surface area contributed by atoms with Gasteiger partial charge < -0.3 is 15.0 Å². The third-order valence-electron chi connectivity index (χ3n) is 3.66. The number of esters is 1. The maximum Gasteiger partial charge on any atom is 0.306 e. The molecule has 1 aromatic carbocycles. The summed E-state index contributed by atoms with van der Waals surface area (Å²) in [6.45, 7) is 7.80. The van der Waals surface area contributed by atoms with E-state index in [0.29, 0.717) is 12.1 Å². The van der Waals surface area contributed by atoms with Crippen LogP contribution in [0.15, 0.2) is 24.3 Å². The molecular weight excluding hydrogens is 292 g/mol. The van der Waals surface area contributed by atoms with Crippen LogP contribution in [0, 0.1) is 5.41 Å². The van der Waals surface area contributed by atoms with Gasteiger partial charge in [-0.05, 0) is 42.5 Å². The molecule has 5 nitrogen and oxygen atoms in total. The third kappa shape index (κ3) is 5.93. The van der Waals surface area contributed by atoms with Gasteiger partial charge in [0.2, 0.25) is 0 Å². The van der Waals surface area contributed by atoms with Gasteiger partial charge in [0.15, 0.2) is 6.61 Å². The number of carbonyl (C=O) groups excluding carboxylic acids is 2. The molecule has 0 aliphatic carbocycles. The Labute approximate surface area is 138 Å². The Balaban J connectivity index is 1.77. The summed E-state index contributed by atoms with van der Waals surface area (Å²) in [6, 6.07) is 7.77. The van der Waals surface area contributed by atoms with Gasteiger partial charge in [0.25, 0.3) is 5.91 Å². The maximum atomic E-state index is 11.8. The number of hydrogen-bond donors (Lipinski definition) is 1. The van der Waals surface area contributed by atoms with Crippen LogP contribution in [-0.2, 0) is 14.3 Å². The van der Waals surface area contributed by atoms with E-state index in [2.05, 4.69) is 10.2 Å². The molecule has 5 heteroatoms. The Morgan fingerprint density at radius 3 is 2.30 bits per heavy atom. The monoisotopic (exact) mass is 318 g/mol. The Kier molecular flexibility index (Phi) is 5.64. The van der Waals surface area contributed by atoms with Gasteiger partial charge in [0.05, 0.1) is 6.42 Å². The van der Waals surface area contributed by atoms with Crippen molar-refractivity contribution in [3.8, 4) is 0 Å². The molecule has 126 valence electrons. The molecule has 1 fully saturated rings. The van der Waals surface area contributed by atoms with Crippen molar-refractivity contribution in [2.75, 3.05) is 29.9 Å². The molecule has 23 heavy (non-hydrogen) atoms. The number of amides is 1. The van der Waals surface area contributed by atoms with E-state index in [0.717, 1.165) is 13.1 Å². The van der Waals surface area contributed by atoms with E-state index in [4.69, 9.17) is 4.74 Å². The molecule has 0 bridgehead atoms. The molecule has 1 amide bonds. The predicted molar refractivity (Wildman–Crippen MR) is 91.5 cm³/mol. The predicted octanol–water partition coefficient (Wildman–Crippen LogP) is 3.20. The van der Waals surface area contributed by atoms with E-state index in [1.807, 2.05) is 45.0 Å². The molecule has 0 spiro atoms. The SMILES string of the molecule is CC(C)(C)CC(=O)OCC(=O)Nc1ccc(N2CCCC2)cc1. The number of benzene rings is 1. The summed E-state index contributed by atoms with van der Waals surface area (Å²) in [7, 11) is 0. The minimum absolute atomic E-state index is 0.140. The van der Waals surface area contributed by atoms with Gasteiger partial charge in [-0.2, -0.15) is 0 Å². The summed E-state index contributed by atoms with van der Waals surface area (Å²) in [6.07, 6.45) is 2.77. The van der Waals surface area contributed by atoms with E-state index in [-0.39, 0.29) is 23.9 Å². The summed E-state index contributed by atoms with van der Waals surface area (Å²) in [5.41, 5.74) is 1.75. The molecule has 0 aromatic heterocycles. The second-order valence-corrected chi connectivity index (χ2v) is 7.19. The lowest BCUT2D eigenvalue weighted by Gasteiger charge is -2.18.